The molecule has 1 aliphatic carbocycles. The molecule has 7 nitrogen and oxygen atoms in total. The predicted octanol–water partition coefficient (Wildman–Crippen LogP) is 3.24. The minimum absolute atomic E-state index is 0.0192. The third-order valence-electron chi connectivity index (χ3n) is 6.61. The lowest BCUT2D eigenvalue weighted by Gasteiger charge is -2.41. The van der Waals surface area contributed by atoms with E-state index in [1.54, 1.807) is 6.92 Å². The minimum Gasteiger partial charge on any atom is -0.462 e. The van der Waals surface area contributed by atoms with Crippen LogP contribution in [0.4, 0.5) is 19.0 Å². The lowest BCUT2D eigenvalue weighted by atomic mass is 9.84. The summed E-state index contributed by atoms with van der Waals surface area (Å²) >= 11 is 0. The molecule has 1 saturated carbocycles. The second kappa shape index (κ2) is 7.77. The number of hydrogen-bond donors (Lipinski definition) is 1. The molecule has 1 N–H and O–H groups in total. The summed E-state index contributed by atoms with van der Waals surface area (Å²) in [5.41, 5.74) is 0.0196. The van der Waals surface area contributed by atoms with Crippen LogP contribution < -0.4 is 5.32 Å². The minimum atomic E-state index is -4.48. The van der Waals surface area contributed by atoms with E-state index in [4.69, 9.17) is 4.74 Å². The fourth-order valence-corrected chi connectivity index (χ4v) is 4.68. The molecule has 4 atom stereocenters. The van der Waals surface area contributed by atoms with Crippen molar-refractivity contribution >= 4 is 17.7 Å². The Bertz CT molecular complexity index is 817. The molecule has 30 heavy (non-hydrogen) atoms. The molecule has 166 valence electrons. The topological polar surface area (TPSA) is 76.5 Å². The highest BCUT2D eigenvalue weighted by Gasteiger charge is 2.49. The Kier molecular flexibility index (Phi) is 5.44. The van der Waals surface area contributed by atoms with Gasteiger partial charge in [-0.3, -0.25) is 4.79 Å². The maximum absolute atomic E-state index is 13.8. The van der Waals surface area contributed by atoms with Crippen LogP contribution in [0.5, 0.6) is 0 Å². The number of alkyl halides is 3. The molecule has 2 fully saturated rings. The van der Waals surface area contributed by atoms with E-state index in [0.717, 1.165) is 17.3 Å². The molecule has 0 aromatic carbocycles. The quantitative estimate of drug-likeness (QED) is 0.745. The zero-order chi connectivity index (χ0) is 21.6. The van der Waals surface area contributed by atoms with Crippen LogP contribution in [0.2, 0.25) is 0 Å². The molecule has 1 saturated heterocycles. The number of likely N-dealkylation sites (tertiary alicyclic amines) is 1. The first kappa shape index (κ1) is 21.0. The fraction of sp³-hybridized carbons (Fsp3) is 0.750. The number of anilines is 1. The van der Waals surface area contributed by atoms with E-state index < -0.39 is 24.2 Å². The Labute approximate surface area is 172 Å². The first-order valence-electron chi connectivity index (χ1n) is 10.6. The molecule has 4 rings (SSSR count). The molecular weight excluding hydrogens is 401 g/mol. The number of rotatable bonds is 4. The molecule has 1 amide bonds. The van der Waals surface area contributed by atoms with E-state index in [2.05, 4.69) is 17.3 Å². The summed E-state index contributed by atoms with van der Waals surface area (Å²) in [5.74, 6) is 0.0848. The SMILES string of the molecule is CCOC(=O)c1cnn2c1N[C@H](C1CCN(C(=O)C3CC3C)CC1)C[C@@H]2C(F)(F)F. The van der Waals surface area contributed by atoms with Gasteiger partial charge in [-0.2, -0.15) is 18.3 Å². The van der Waals surface area contributed by atoms with Crippen molar-refractivity contribution in [1.82, 2.24) is 14.7 Å². The molecule has 10 heteroatoms. The molecule has 3 heterocycles. The molecule has 0 spiro atoms. The third kappa shape index (κ3) is 3.88. The Hall–Kier alpha value is -2.26. The number of fused-ring (bicyclic) bond motifs is 1. The molecule has 0 radical (unpaired) electrons. The van der Waals surface area contributed by atoms with E-state index >= 15 is 0 Å². The van der Waals surface area contributed by atoms with Gasteiger partial charge in [0.25, 0.3) is 0 Å². The monoisotopic (exact) mass is 428 g/mol. The van der Waals surface area contributed by atoms with Gasteiger partial charge in [0.05, 0.1) is 12.8 Å². The molecule has 2 aliphatic heterocycles. The molecule has 1 aromatic heterocycles. The maximum Gasteiger partial charge on any atom is 0.410 e. The highest BCUT2D eigenvalue weighted by atomic mass is 19.4. The van der Waals surface area contributed by atoms with Crippen molar-refractivity contribution in [2.45, 2.75) is 57.8 Å². The summed E-state index contributed by atoms with van der Waals surface area (Å²) in [5, 5.41) is 6.98. The van der Waals surface area contributed by atoms with E-state index in [-0.39, 0.29) is 42.2 Å². The lowest BCUT2D eigenvalue weighted by molar-refractivity contribution is -0.174. The van der Waals surface area contributed by atoms with Crippen LogP contribution in [-0.2, 0) is 9.53 Å². The summed E-state index contributed by atoms with van der Waals surface area (Å²) < 4.78 is 47.1. The molecule has 3 aliphatic rings. The second-order valence-corrected chi connectivity index (χ2v) is 8.60. The Balaban J connectivity index is 1.50. The first-order valence-corrected chi connectivity index (χ1v) is 10.6. The normalized spacial score (nSPS) is 29.2. The van der Waals surface area contributed by atoms with Crippen molar-refractivity contribution in [3.05, 3.63) is 11.8 Å². The van der Waals surface area contributed by atoms with Gasteiger partial charge in [0.1, 0.15) is 11.4 Å². The van der Waals surface area contributed by atoms with Gasteiger partial charge in [-0.1, -0.05) is 6.92 Å². The van der Waals surface area contributed by atoms with Crippen molar-refractivity contribution in [2.24, 2.45) is 17.8 Å². The van der Waals surface area contributed by atoms with Crippen molar-refractivity contribution in [1.29, 1.82) is 0 Å². The number of hydrogen-bond acceptors (Lipinski definition) is 5. The van der Waals surface area contributed by atoms with Crippen molar-refractivity contribution < 1.29 is 27.5 Å². The summed E-state index contributed by atoms with van der Waals surface area (Å²) in [6.07, 6.45) is -1.29. The van der Waals surface area contributed by atoms with Crippen LogP contribution in [0.3, 0.4) is 0 Å². The highest BCUT2D eigenvalue weighted by Crippen LogP contribution is 2.44. The number of carbonyl (C=O) groups excluding carboxylic acids is 2. The van der Waals surface area contributed by atoms with Crippen molar-refractivity contribution in [2.75, 3.05) is 25.0 Å². The van der Waals surface area contributed by atoms with Gasteiger partial charge in [0, 0.05) is 25.0 Å². The Morgan fingerprint density at radius 2 is 1.93 bits per heavy atom. The number of nitrogens with one attached hydrogen (secondary N) is 1. The van der Waals surface area contributed by atoms with Crippen LogP contribution in [0, 0.1) is 17.8 Å². The van der Waals surface area contributed by atoms with Crippen LogP contribution in [0.15, 0.2) is 6.20 Å². The third-order valence-corrected chi connectivity index (χ3v) is 6.61. The number of aromatic nitrogens is 2. The van der Waals surface area contributed by atoms with Gasteiger partial charge in [0.2, 0.25) is 5.91 Å². The van der Waals surface area contributed by atoms with Gasteiger partial charge in [-0.15, -0.1) is 0 Å². The van der Waals surface area contributed by atoms with Crippen LogP contribution in [-0.4, -0.2) is 58.5 Å². The average Bonchev–Trinajstić information content (AvgIpc) is 3.28. The molecular formula is C20H27F3N4O3. The lowest BCUT2D eigenvalue weighted by Crippen LogP contribution is -2.47. The number of nitrogens with zero attached hydrogens (tertiary/aromatic N) is 3. The summed E-state index contributed by atoms with van der Waals surface area (Å²) in [6.45, 7) is 4.95. The van der Waals surface area contributed by atoms with Gasteiger partial charge in [-0.05, 0) is 44.4 Å². The summed E-state index contributed by atoms with van der Waals surface area (Å²) in [7, 11) is 0. The van der Waals surface area contributed by atoms with Crippen LogP contribution in [0.1, 0.15) is 55.9 Å². The molecule has 1 aromatic rings. The summed E-state index contributed by atoms with van der Waals surface area (Å²) in [4.78, 5) is 26.5. The maximum atomic E-state index is 13.8. The fourth-order valence-electron chi connectivity index (χ4n) is 4.68. The Morgan fingerprint density at radius 1 is 1.27 bits per heavy atom. The van der Waals surface area contributed by atoms with Gasteiger partial charge in [0.15, 0.2) is 6.04 Å². The molecule has 0 bridgehead atoms. The van der Waals surface area contributed by atoms with Gasteiger partial charge in [-0.25, -0.2) is 9.48 Å². The number of piperidine rings is 1. The average molecular weight is 428 g/mol. The van der Waals surface area contributed by atoms with E-state index in [1.807, 2.05) is 4.90 Å². The van der Waals surface area contributed by atoms with E-state index in [0.29, 0.717) is 31.8 Å². The molecule has 2 unspecified atom stereocenters. The largest absolute Gasteiger partial charge is 0.462 e. The number of amides is 1. The highest BCUT2D eigenvalue weighted by molar-refractivity contribution is 5.94. The number of carbonyl (C=O) groups is 2. The predicted molar refractivity (Wildman–Crippen MR) is 102 cm³/mol. The number of esters is 1. The van der Waals surface area contributed by atoms with Crippen molar-refractivity contribution in [3.8, 4) is 0 Å². The zero-order valence-electron chi connectivity index (χ0n) is 17.1. The zero-order valence-corrected chi connectivity index (χ0v) is 17.1. The van der Waals surface area contributed by atoms with Crippen LogP contribution >= 0.6 is 0 Å². The standard InChI is InChI=1S/C20H27F3N4O3/c1-3-30-19(29)14-10-24-27-16(20(21,22)23)9-15(25-17(14)27)12-4-6-26(7-5-12)18(28)13-8-11(13)2/h10-13,15-16,25H,3-9H2,1-2H3/t11?,13?,15-,16+/m0/s1. The van der Waals surface area contributed by atoms with Crippen molar-refractivity contribution in [3.63, 3.8) is 0 Å². The summed E-state index contributed by atoms with van der Waals surface area (Å²) in [6, 6.07) is -2.25. The van der Waals surface area contributed by atoms with E-state index in [1.165, 1.54) is 0 Å². The van der Waals surface area contributed by atoms with Gasteiger partial charge >= 0.3 is 12.1 Å². The van der Waals surface area contributed by atoms with Crippen LogP contribution in [0.25, 0.3) is 0 Å². The first-order chi connectivity index (χ1) is 14.2. The number of ether oxygens (including phenoxy) is 1. The van der Waals surface area contributed by atoms with Gasteiger partial charge < -0.3 is 15.0 Å². The smallest absolute Gasteiger partial charge is 0.410 e. The van der Waals surface area contributed by atoms with E-state index in [9.17, 15) is 22.8 Å². The second-order valence-electron chi connectivity index (χ2n) is 8.60. The number of halogens is 3. The Morgan fingerprint density at radius 3 is 2.50 bits per heavy atom.